The molecule has 0 unspecified atom stereocenters. The molecule has 0 aromatic heterocycles. The Balaban J connectivity index is 1.88. The maximum Gasteiger partial charge on any atom is 0.140 e. The van der Waals surface area contributed by atoms with Crippen molar-refractivity contribution < 1.29 is 29.5 Å². The van der Waals surface area contributed by atoms with Crippen molar-refractivity contribution in [3.63, 3.8) is 0 Å². The highest BCUT2D eigenvalue weighted by molar-refractivity contribution is 5.43. The Kier molecular flexibility index (Phi) is 12.9. The lowest BCUT2D eigenvalue weighted by Gasteiger charge is -2.29. The molecule has 0 spiro atoms. The van der Waals surface area contributed by atoms with Gasteiger partial charge in [0.2, 0.25) is 0 Å². The molecule has 2 aromatic rings. The molecule has 4 atom stereocenters. The third-order valence-corrected chi connectivity index (χ3v) is 8.06. The normalized spacial score (nSPS) is 17.8. The Morgan fingerprint density at radius 1 is 0.905 bits per heavy atom. The van der Waals surface area contributed by atoms with Crippen LogP contribution in [0.2, 0.25) is 0 Å². The van der Waals surface area contributed by atoms with Crippen LogP contribution in [0, 0.1) is 0 Å². The highest BCUT2D eigenvalue weighted by Gasteiger charge is 2.32. The van der Waals surface area contributed by atoms with Crippen LogP contribution in [0.5, 0.6) is 17.2 Å². The van der Waals surface area contributed by atoms with Crippen molar-refractivity contribution >= 4 is 0 Å². The molecule has 42 heavy (non-hydrogen) atoms. The lowest BCUT2D eigenvalue weighted by molar-refractivity contribution is -0.0203. The van der Waals surface area contributed by atoms with Crippen LogP contribution in [-0.4, -0.2) is 64.9 Å². The van der Waals surface area contributed by atoms with Gasteiger partial charge in [-0.05, 0) is 61.6 Å². The van der Waals surface area contributed by atoms with E-state index in [1.54, 1.807) is 18.2 Å². The van der Waals surface area contributed by atoms with Gasteiger partial charge in [0, 0.05) is 24.7 Å². The second kappa shape index (κ2) is 15.9. The van der Waals surface area contributed by atoms with E-state index < -0.39 is 35.5 Å². The maximum atomic E-state index is 11.1. The predicted molar refractivity (Wildman–Crippen MR) is 164 cm³/mol. The molecule has 0 heterocycles. The van der Waals surface area contributed by atoms with E-state index in [0.717, 1.165) is 44.1 Å². The maximum absolute atomic E-state index is 11.1. The van der Waals surface area contributed by atoms with Crippen LogP contribution in [0.15, 0.2) is 42.5 Å². The summed E-state index contributed by atoms with van der Waals surface area (Å²) in [6.45, 7) is 4.58. The van der Waals surface area contributed by atoms with Gasteiger partial charge in [-0.3, -0.25) is 0 Å². The molecular weight excluding hydrogens is 536 g/mol. The average molecular weight is 589 g/mol. The van der Waals surface area contributed by atoms with E-state index in [0.29, 0.717) is 35.7 Å². The zero-order chi connectivity index (χ0) is 30.8. The largest absolute Gasteiger partial charge is 0.491 e. The molecule has 1 aliphatic carbocycles. The molecule has 10 heteroatoms. The Hall–Kier alpha value is -2.44. The average Bonchev–Trinajstić information content (AvgIpc) is 3.43. The molecule has 0 bridgehead atoms. The lowest BCUT2D eigenvalue weighted by atomic mass is 9.94. The summed E-state index contributed by atoms with van der Waals surface area (Å²) in [6, 6.07) is 11.1. The number of aliphatic hydroxyl groups excluding tert-OH is 1. The molecule has 2 aromatic carbocycles. The minimum Gasteiger partial charge on any atom is -0.491 e. The summed E-state index contributed by atoms with van der Waals surface area (Å²) in [5, 5.41) is 32.8. The monoisotopic (exact) mass is 588 g/mol. The number of nitrogens with two attached hydrogens (primary N) is 4. The highest BCUT2D eigenvalue weighted by Crippen LogP contribution is 2.36. The fourth-order valence-electron chi connectivity index (χ4n) is 5.57. The molecule has 0 aliphatic heterocycles. The van der Waals surface area contributed by atoms with Crippen molar-refractivity contribution in [3.05, 3.63) is 53.6 Å². The van der Waals surface area contributed by atoms with E-state index in [2.05, 4.69) is 0 Å². The summed E-state index contributed by atoms with van der Waals surface area (Å²) in [5.41, 5.74) is 23.7. The minimum absolute atomic E-state index is 0.0515. The van der Waals surface area contributed by atoms with Crippen molar-refractivity contribution in [1.29, 1.82) is 0 Å². The Labute approximate surface area is 250 Å². The Morgan fingerprint density at radius 2 is 1.55 bits per heavy atom. The molecule has 0 amide bonds. The standard InChI is InChI=1S/C32H52N4O6/c1-3-12-31(38,13-4-2)20-41-24-10-11-28(25(17-24)29(37)26(35)18-33)42-30(27(36)19-34)22-8-7-9-23(16-22)40-21-32(39)14-5-6-15-32/h7-11,16-17,26-27,29-30,37-39H,3-6,12-15,18-21,33-36H2,1-2H3/t26-,27-,29+,30+/m1/s1. The third kappa shape index (κ3) is 9.28. The molecule has 1 fully saturated rings. The van der Waals surface area contributed by atoms with Gasteiger partial charge in [-0.25, -0.2) is 0 Å². The molecule has 0 saturated heterocycles. The van der Waals surface area contributed by atoms with Crippen LogP contribution in [0.25, 0.3) is 0 Å². The first-order valence-corrected chi connectivity index (χ1v) is 15.3. The van der Waals surface area contributed by atoms with E-state index >= 15 is 0 Å². The SMILES string of the molecule is CCCC(O)(CCC)COc1ccc(O[C@@H](c2cccc(OCC3(O)CCCC3)c2)[C@H](N)CN)c([C@H](O)[C@H](N)CN)c1. The van der Waals surface area contributed by atoms with E-state index in [-0.39, 0.29) is 26.3 Å². The molecule has 0 radical (unpaired) electrons. The van der Waals surface area contributed by atoms with Gasteiger partial charge in [-0.2, -0.15) is 0 Å². The predicted octanol–water partition coefficient (Wildman–Crippen LogP) is 2.81. The van der Waals surface area contributed by atoms with Crippen LogP contribution >= 0.6 is 0 Å². The van der Waals surface area contributed by atoms with Gasteiger partial charge in [0.1, 0.15) is 36.6 Å². The topological polar surface area (TPSA) is 192 Å². The van der Waals surface area contributed by atoms with E-state index in [1.807, 2.05) is 38.1 Å². The quantitative estimate of drug-likeness (QED) is 0.136. The number of aliphatic hydroxyl groups is 3. The van der Waals surface area contributed by atoms with Gasteiger partial charge >= 0.3 is 0 Å². The number of benzene rings is 2. The van der Waals surface area contributed by atoms with Gasteiger partial charge in [-0.15, -0.1) is 0 Å². The Morgan fingerprint density at radius 3 is 2.17 bits per heavy atom. The van der Waals surface area contributed by atoms with Crippen molar-refractivity contribution in [3.8, 4) is 17.2 Å². The first-order valence-electron chi connectivity index (χ1n) is 15.3. The highest BCUT2D eigenvalue weighted by atomic mass is 16.5. The molecule has 11 N–H and O–H groups in total. The second-order valence-corrected chi connectivity index (χ2v) is 11.8. The van der Waals surface area contributed by atoms with Crippen molar-refractivity contribution in [1.82, 2.24) is 0 Å². The van der Waals surface area contributed by atoms with Crippen LogP contribution in [0.1, 0.15) is 88.5 Å². The zero-order valence-electron chi connectivity index (χ0n) is 25.2. The van der Waals surface area contributed by atoms with E-state index in [4.69, 9.17) is 37.1 Å². The molecule has 10 nitrogen and oxygen atoms in total. The smallest absolute Gasteiger partial charge is 0.140 e. The summed E-state index contributed by atoms with van der Waals surface area (Å²) >= 11 is 0. The zero-order valence-corrected chi connectivity index (χ0v) is 25.2. The van der Waals surface area contributed by atoms with Gasteiger partial charge < -0.3 is 52.5 Å². The molecular formula is C32H52N4O6. The van der Waals surface area contributed by atoms with Crippen LogP contribution < -0.4 is 37.1 Å². The molecule has 3 rings (SSSR count). The first-order chi connectivity index (χ1) is 20.1. The lowest BCUT2D eigenvalue weighted by Crippen LogP contribution is -2.39. The van der Waals surface area contributed by atoms with Crippen LogP contribution in [-0.2, 0) is 0 Å². The summed E-state index contributed by atoms with van der Waals surface area (Å²) in [6.07, 6.45) is 4.51. The van der Waals surface area contributed by atoms with E-state index in [1.165, 1.54) is 0 Å². The van der Waals surface area contributed by atoms with Gasteiger partial charge in [0.25, 0.3) is 0 Å². The number of rotatable bonds is 18. The molecule has 1 saturated carbocycles. The fraction of sp³-hybridized carbons (Fsp3) is 0.625. The van der Waals surface area contributed by atoms with Gasteiger partial charge in [0.15, 0.2) is 0 Å². The third-order valence-electron chi connectivity index (χ3n) is 8.06. The number of hydrogen-bond donors (Lipinski definition) is 7. The van der Waals surface area contributed by atoms with E-state index in [9.17, 15) is 15.3 Å². The number of hydrogen-bond acceptors (Lipinski definition) is 10. The van der Waals surface area contributed by atoms with Crippen molar-refractivity contribution in [2.45, 2.75) is 101 Å². The summed E-state index contributed by atoms with van der Waals surface area (Å²) < 4.78 is 18.5. The fourth-order valence-corrected chi connectivity index (χ4v) is 5.57. The summed E-state index contributed by atoms with van der Waals surface area (Å²) in [7, 11) is 0. The number of ether oxygens (including phenoxy) is 3. The van der Waals surface area contributed by atoms with Crippen molar-refractivity contribution in [2.24, 2.45) is 22.9 Å². The first kappa shape index (κ1) is 34.1. The molecule has 236 valence electrons. The second-order valence-electron chi connectivity index (χ2n) is 11.8. The van der Waals surface area contributed by atoms with Crippen LogP contribution in [0.3, 0.4) is 0 Å². The minimum atomic E-state index is -1.14. The van der Waals surface area contributed by atoms with Gasteiger partial charge in [0.05, 0.1) is 23.3 Å². The van der Waals surface area contributed by atoms with Gasteiger partial charge in [-0.1, -0.05) is 51.7 Å². The molecule has 1 aliphatic rings. The summed E-state index contributed by atoms with van der Waals surface area (Å²) in [5.74, 6) is 1.41. The summed E-state index contributed by atoms with van der Waals surface area (Å²) in [4.78, 5) is 0. The Bertz CT molecular complexity index is 1090. The van der Waals surface area contributed by atoms with Crippen LogP contribution in [0.4, 0.5) is 0 Å². The van der Waals surface area contributed by atoms with Crippen molar-refractivity contribution in [2.75, 3.05) is 26.3 Å².